The van der Waals surface area contributed by atoms with E-state index in [9.17, 15) is 18.0 Å². The van der Waals surface area contributed by atoms with Gasteiger partial charge in [-0.05, 0) is 74.1 Å². The maximum absolute atomic E-state index is 14.1. The molecule has 0 bridgehead atoms. The van der Waals surface area contributed by atoms with Gasteiger partial charge in [-0.1, -0.05) is 74.9 Å². The summed E-state index contributed by atoms with van der Waals surface area (Å²) in [5.74, 6) is -0.454. The van der Waals surface area contributed by atoms with Gasteiger partial charge in [0, 0.05) is 13.1 Å². The Morgan fingerprint density at radius 3 is 2.00 bits per heavy atom. The van der Waals surface area contributed by atoms with Gasteiger partial charge in [-0.3, -0.25) is 13.9 Å². The number of carbonyl (C=O) groups excluding carboxylic acids is 2. The smallest absolute Gasteiger partial charge is 0.264 e. The number of amides is 2. The lowest BCUT2D eigenvalue weighted by Crippen LogP contribution is -2.52. The van der Waals surface area contributed by atoms with Crippen LogP contribution in [0.25, 0.3) is 0 Å². The Morgan fingerprint density at radius 1 is 0.850 bits per heavy atom. The molecule has 0 aromatic heterocycles. The van der Waals surface area contributed by atoms with E-state index in [2.05, 4.69) is 5.32 Å². The van der Waals surface area contributed by atoms with Crippen molar-refractivity contribution in [3.8, 4) is 0 Å². The summed E-state index contributed by atoms with van der Waals surface area (Å²) in [4.78, 5) is 29.0. The van der Waals surface area contributed by atoms with Gasteiger partial charge in [-0.2, -0.15) is 0 Å². The summed E-state index contributed by atoms with van der Waals surface area (Å²) in [6, 6.07) is 20.7. The molecule has 2 amide bonds. The molecule has 8 heteroatoms. The topological polar surface area (TPSA) is 86.8 Å². The minimum atomic E-state index is -4.09. The van der Waals surface area contributed by atoms with Crippen LogP contribution in [-0.4, -0.2) is 44.3 Å². The third kappa shape index (κ3) is 7.94. The van der Waals surface area contributed by atoms with E-state index in [1.54, 1.807) is 36.4 Å². The molecule has 214 valence electrons. The first-order valence-corrected chi connectivity index (χ1v) is 15.1. The molecule has 3 rings (SSSR count). The van der Waals surface area contributed by atoms with Gasteiger partial charge in [0.05, 0.1) is 10.6 Å². The van der Waals surface area contributed by atoms with E-state index in [0.717, 1.165) is 26.6 Å². The number of hydrogen-bond acceptors (Lipinski definition) is 4. The molecule has 0 saturated carbocycles. The fourth-order valence-electron chi connectivity index (χ4n) is 4.58. The Morgan fingerprint density at radius 2 is 1.45 bits per heavy atom. The minimum Gasteiger partial charge on any atom is -0.354 e. The predicted octanol–water partition coefficient (Wildman–Crippen LogP) is 5.39. The van der Waals surface area contributed by atoms with Crippen LogP contribution in [0.1, 0.15) is 49.4 Å². The van der Waals surface area contributed by atoms with E-state index >= 15 is 0 Å². The Hall–Kier alpha value is -3.65. The average Bonchev–Trinajstić information content (AvgIpc) is 2.90. The highest BCUT2D eigenvalue weighted by atomic mass is 32.2. The van der Waals surface area contributed by atoms with Gasteiger partial charge in [0.2, 0.25) is 11.8 Å². The molecular formula is C32H41N3O4S. The molecule has 0 saturated heterocycles. The summed E-state index contributed by atoms with van der Waals surface area (Å²) in [5, 5.41) is 2.95. The van der Waals surface area contributed by atoms with Gasteiger partial charge >= 0.3 is 0 Å². The molecule has 3 aromatic rings. The van der Waals surface area contributed by atoms with E-state index in [1.807, 2.05) is 77.9 Å². The fraction of sp³-hybridized carbons (Fsp3) is 0.375. The van der Waals surface area contributed by atoms with Crippen molar-refractivity contribution in [1.29, 1.82) is 0 Å². The molecule has 1 unspecified atom stereocenters. The van der Waals surface area contributed by atoms with Crippen molar-refractivity contribution in [2.45, 2.75) is 65.4 Å². The van der Waals surface area contributed by atoms with Crippen LogP contribution in [0.5, 0.6) is 0 Å². The van der Waals surface area contributed by atoms with Crippen LogP contribution in [0, 0.1) is 26.7 Å². The van der Waals surface area contributed by atoms with E-state index in [-0.39, 0.29) is 23.3 Å². The third-order valence-electron chi connectivity index (χ3n) is 6.65. The number of sulfonamides is 1. The van der Waals surface area contributed by atoms with Crippen LogP contribution in [0.3, 0.4) is 0 Å². The first-order chi connectivity index (χ1) is 18.9. The Kier molecular flexibility index (Phi) is 10.5. The molecule has 40 heavy (non-hydrogen) atoms. The van der Waals surface area contributed by atoms with E-state index in [4.69, 9.17) is 0 Å². The van der Waals surface area contributed by atoms with Gasteiger partial charge in [0.1, 0.15) is 12.6 Å². The number of aryl methyl sites for hydroxylation is 3. The number of carbonyl (C=O) groups is 2. The SMILES string of the molecule is CCC(C(=O)NCC(C)C)N(Cc1ccccc1)C(=O)CN(c1cc(C)cc(C)c1)S(=O)(=O)c1ccc(C)cc1. The highest BCUT2D eigenvalue weighted by molar-refractivity contribution is 7.92. The Bertz CT molecular complexity index is 1380. The highest BCUT2D eigenvalue weighted by Crippen LogP contribution is 2.27. The predicted molar refractivity (Wildman–Crippen MR) is 161 cm³/mol. The molecule has 0 aliphatic rings. The summed E-state index contributed by atoms with van der Waals surface area (Å²) in [6.07, 6.45) is 0.386. The summed E-state index contributed by atoms with van der Waals surface area (Å²) >= 11 is 0. The summed E-state index contributed by atoms with van der Waals surface area (Å²) in [5.41, 5.74) is 3.95. The lowest BCUT2D eigenvalue weighted by molar-refractivity contribution is -0.140. The average molecular weight is 564 g/mol. The molecule has 0 heterocycles. The van der Waals surface area contributed by atoms with Gasteiger partial charge in [0.25, 0.3) is 10.0 Å². The molecule has 0 aliphatic heterocycles. The van der Waals surface area contributed by atoms with E-state index < -0.39 is 28.5 Å². The van der Waals surface area contributed by atoms with Crippen LogP contribution >= 0.6 is 0 Å². The van der Waals surface area contributed by atoms with Crippen LogP contribution in [0.2, 0.25) is 0 Å². The Balaban J connectivity index is 2.06. The van der Waals surface area contributed by atoms with E-state index in [0.29, 0.717) is 18.7 Å². The van der Waals surface area contributed by atoms with Crippen molar-refractivity contribution in [2.24, 2.45) is 5.92 Å². The summed E-state index contributed by atoms with van der Waals surface area (Å²) in [6.45, 7) is 11.8. The Labute approximate surface area is 239 Å². The second-order valence-electron chi connectivity index (χ2n) is 10.7. The van der Waals surface area contributed by atoms with Crippen LogP contribution in [-0.2, 0) is 26.2 Å². The number of hydrogen-bond donors (Lipinski definition) is 1. The molecular weight excluding hydrogens is 522 g/mol. The molecule has 0 fully saturated rings. The molecule has 0 aliphatic carbocycles. The summed E-state index contributed by atoms with van der Waals surface area (Å²) < 4.78 is 29.2. The first kappa shape index (κ1) is 30.9. The van der Waals surface area contributed by atoms with Crippen LogP contribution in [0.4, 0.5) is 5.69 Å². The second-order valence-corrected chi connectivity index (χ2v) is 12.6. The maximum atomic E-state index is 14.1. The first-order valence-electron chi connectivity index (χ1n) is 13.7. The molecule has 0 radical (unpaired) electrons. The van der Waals surface area contributed by atoms with Gasteiger partial charge in [0.15, 0.2) is 0 Å². The maximum Gasteiger partial charge on any atom is 0.264 e. The summed E-state index contributed by atoms with van der Waals surface area (Å²) in [7, 11) is -4.09. The zero-order valence-electron chi connectivity index (χ0n) is 24.3. The zero-order chi connectivity index (χ0) is 29.4. The number of benzene rings is 3. The van der Waals surface area contributed by atoms with Crippen molar-refractivity contribution in [3.63, 3.8) is 0 Å². The number of nitrogens with one attached hydrogen (secondary N) is 1. The van der Waals surface area contributed by atoms with Gasteiger partial charge in [-0.15, -0.1) is 0 Å². The van der Waals surface area contributed by atoms with Crippen molar-refractivity contribution >= 4 is 27.5 Å². The van der Waals surface area contributed by atoms with Crippen molar-refractivity contribution < 1.29 is 18.0 Å². The molecule has 1 atom stereocenters. The van der Waals surface area contributed by atoms with Crippen LogP contribution < -0.4 is 9.62 Å². The number of anilines is 1. The zero-order valence-corrected chi connectivity index (χ0v) is 25.2. The monoisotopic (exact) mass is 563 g/mol. The largest absolute Gasteiger partial charge is 0.354 e. The van der Waals surface area contributed by atoms with Crippen molar-refractivity contribution in [2.75, 3.05) is 17.4 Å². The minimum absolute atomic E-state index is 0.0985. The molecule has 0 spiro atoms. The third-order valence-corrected chi connectivity index (χ3v) is 8.44. The van der Waals surface area contributed by atoms with Crippen molar-refractivity contribution in [3.05, 3.63) is 95.1 Å². The quantitative estimate of drug-likeness (QED) is 0.320. The lowest BCUT2D eigenvalue weighted by atomic mass is 10.1. The standard InChI is InChI=1S/C32H41N3O4S/c1-7-30(32(37)33-20-23(2)3)34(21-27-11-9-8-10-12-27)31(36)22-35(28-18-25(5)17-26(6)19-28)40(38,39)29-15-13-24(4)14-16-29/h8-19,23,30H,7,20-22H2,1-6H3,(H,33,37). The molecule has 3 aromatic carbocycles. The second kappa shape index (κ2) is 13.6. The number of rotatable bonds is 12. The van der Waals surface area contributed by atoms with Crippen molar-refractivity contribution in [1.82, 2.24) is 10.2 Å². The molecule has 1 N–H and O–H groups in total. The van der Waals surface area contributed by atoms with Gasteiger partial charge in [-0.25, -0.2) is 8.42 Å². The lowest BCUT2D eigenvalue weighted by Gasteiger charge is -2.33. The normalized spacial score (nSPS) is 12.2. The molecule has 7 nitrogen and oxygen atoms in total. The number of nitrogens with zero attached hydrogens (tertiary/aromatic N) is 2. The highest BCUT2D eigenvalue weighted by Gasteiger charge is 2.33. The van der Waals surface area contributed by atoms with Gasteiger partial charge < -0.3 is 10.2 Å². The van der Waals surface area contributed by atoms with E-state index in [1.165, 1.54) is 4.90 Å². The fourth-order valence-corrected chi connectivity index (χ4v) is 5.98. The van der Waals surface area contributed by atoms with Crippen LogP contribution in [0.15, 0.2) is 77.7 Å².